The highest BCUT2D eigenvalue weighted by Gasteiger charge is 2.23. The highest BCUT2D eigenvalue weighted by atomic mass is 127. The molecular weight excluding hydrogens is 287 g/mol. The summed E-state index contributed by atoms with van der Waals surface area (Å²) in [7, 11) is 2.16. The Hall–Kier alpha value is -0.450. The lowest BCUT2D eigenvalue weighted by atomic mass is 10.2. The van der Waals surface area contributed by atoms with Crippen molar-refractivity contribution < 1.29 is 0 Å². The van der Waals surface area contributed by atoms with Crippen LogP contribution >= 0.6 is 22.6 Å². The van der Waals surface area contributed by atoms with Crippen LogP contribution in [0.25, 0.3) is 0 Å². The second-order valence-electron chi connectivity index (χ2n) is 4.03. The smallest absolute Gasteiger partial charge is 0.0500 e. The van der Waals surface area contributed by atoms with E-state index < -0.39 is 0 Å². The SMILES string of the molecule is CN(CC1CC1)c1ccc(N)cc1I. The van der Waals surface area contributed by atoms with Gasteiger partial charge in [0.05, 0.1) is 5.69 Å². The third-order valence-corrected chi connectivity index (χ3v) is 3.48. The molecule has 2 rings (SSSR count). The second-order valence-corrected chi connectivity index (χ2v) is 5.20. The molecule has 2 N–H and O–H groups in total. The van der Waals surface area contributed by atoms with Gasteiger partial charge in [-0.1, -0.05) is 0 Å². The number of anilines is 2. The van der Waals surface area contributed by atoms with Gasteiger partial charge in [-0.3, -0.25) is 0 Å². The van der Waals surface area contributed by atoms with Gasteiger partial charge >= 0.3 is 0 Å². The minimum Gasteiger partial charge on any atom is -0.399 e. The van der Waals surface area contributed by atoms with Gasteiger partial charge in [-0.25, -0.2) is 0 Å². The maximum absolute atomic E-state index is 5.72. The van der Waals surface area contributed by atoms with Gasteiger partial charge in [-0.2, -0.15) is 0 Å². The van der Waals surface area contributed by atoms with E-state index in [1.54, 1.807) is 0 Å². The van der Waals surface area contributed by atoms with E-state index in [1.165, 1.54) is 28.6 Å². The molecule has 0 radical (unpaired) electrons. The van der Waals surface area contributed by atoms with Gasteiger partial charge in [0.15, 0.2) is 0 Å². The minimum absolute atomic E-state index is 0.845. The molecule has 3 heteroatoms. The predicted octanol–water partition coefficient (Wildman–Crippen LogP) is 2.72. The summed E-state index contributed by atoms with van der Waals surface area (Å²) in [6, 6.07) is 6.11. The highest BCUT2D eigenvalue weighted by Crippen LogP contribution is 2.32. The van der Waals surface area contributed by atoms with Gasteiger partial charge in [0.2, 0.25) is 0 Å². The van der Waals surface area contributed by atoms with Crippen LogP contribution in [0.5, 0.6) is 0 Å². The summed E-state index contributed by atoms with van der Waals surface area (Å²) >= 11 is 2.35. The molecule has 0 bridgehead atoms. The molecule has 1 fully saturated rings. The summed E-state index contributed by atoms with van der Waals surface area (Å²) in [4.78, 5) is 2.33. The van der Waals surface area contributed by atoms with Gasteiger partial charge in [-0.05, 0) is 59.5 Å². The number of nitrogen functional groups attached to an aromatic ring is 1. The third-order valence-electron chi connectivity index (χ3n) is 2.61. The summed E-state index contributed by atoms with van der Waals surface area (Å²) in [6.07, 6.45) is 2.80. The molecule has 1 aromatic rings. The Balaban J connectivity index is 2.13. The van der Waals surface area contributed by atoms with Crippen LogP contribution in [0.1, 0.15) is 12.8 Å². The van der Waals surface area contributed by atoms with Crippen molar-refractivity contribution in [2.75, 3.05) is 24.2 Å². The summed E-state index contributed by atoms with van der Waals surface area (Å²) in [5.41, 5.74) is 7.86. The van der Waals surface area contributed by atoms with Crippen molar-refractivity contribution in [3.63, 3.8) is 0 Å². The van der Waals surface area contributed by atoms with Crippen LogP contribution in [-0.2, 0) is 0 Å². The van der Waals surface area contributed by atoms with E-state index in [9.17, 15) is 0 Å². The monoisotopic (exact) mass is 302 g/mol. The van der Waals surface area contributed by atoms with Crippen LogP contribution in [0.15, 0.2) is 18.2 Å². The molecule has 0 unspecified atom stereocenters. The van der Waals surface area contributed by atoms with Crippen LogP contribution in [0.2, 0.25) is 0 Å². The van der Waals surface area contributed by atoms with E-state index in [2.05, 4.69) is 40.6 Å². The molecule has 0 aromatic heterocycles. The molecule has 0 aliphatic heterocycles. The fourth-order valence-electron chi connectivity index (χ4n) is 1.62. The van der Waals surface area contributed by atoms with Gasteiger partial charge < -0.3 is 10.6 Å². The first-order chi connectivity index (χ1) is 6.66. The van der Waals surface area contributed by atoms with Gasteiger partial charge in [0.25, 0.3) is 0 Å². The number of nitrogens with two attached hydrogens (primary N) is 1. The molecular formula is C11H15IN2. The maximum Gasteiger partial charge on any atom is 0.0500 e. The molecule has 0 amide bonds. The first-order valence-corrected chi connectivity index (χ1v) is 6.01. The van der Waals surface area contributed by atoms with E-state index >= 15 is 0 Å². The number of halogens is 1. The summed E-state index contributed by atoms with van der Waals surface area (Å²) in [6.45, 7) is 1.18. The summed E-state index contributed by atoms with van der Waals surface area (Å²) in [5, 5.41) is 0. The average Bonchev–Trinajstić information content (AvgIpc) is 2.87. The van der Waals surface area contributed by atoms with Crippen molar-refractivity contribution >= 4 is 34.0 Å². The number of benzene rings is 1. The molecule has 0 atom stereocenters. The Labute approximate surface area is 98.6 Å². The zero-order chi connectivity index (χ0) is 10.1. The molecule has 76 valence electrons. The first-order valence-electron chi connectivity index (χ1n) is 4.93. The fraction of sp³-hybridized carbons (Fsp3) is 0.455. The lowest BCUT2D eigenvalue weighted by Gasteiger charge is -2.20. The number of nitrogens with zero attached hydrogens (tertiary/aromatic N) is 1. The summed E-state index contributed by atoms with van der Waals surface area (Å²) < 4.78 is 1.24. The first kappa shape index (κ1) is 10.1. The van der Waals surface area contributed by atoms with Gasteiger partial charge in [-0.15, -0.1) is 0 Å². The number of hydrogen-bond acceptors (Lipinski definition) is 2. The van der Waals surface area contributed by atoms with E-state index in [0.717, 1.165) is 11.6 Å². The van der Waals surface area contributed by atoms with Crippen LogP contribution in [0.3, 0.4) is 0 Å². The quantitative estimate of drug-likeness (QED) is 0.687. The molecule has 1 aromatic carbocycles. The van der Waals surface area contributed by atoms with E-state index in [-0.39, 0.29) is 0 Å². The van der Waals surface area contributed by atoms with Gasteiger partial charge in [0, 0.05) is 22.8 Å². The largest absolute Gasteiger partial charge is 0.399 e. The van der Waals surface area contributed by atoms with Gasteiger partial charge in [0.1, 0.15) is 0 Å². The maximum atomic E-state index is 5.72. The van der Waals surface area contributed by atoms with Crippen molar-refractivity contribution in [3.05, 3.63) is 21.8 Å². The van der Waals surface area contributed by atoms with Crippen molar-refractivity contribution in [2.45, 2.75) is 12.8 Å². The third kappa shape index (κ3) is 2.32. The van der Waals surface area contributed by atoms with Crippen molar-refractivity contribution in [1.82, 2.24) is 0 Å². The molecule has 2 nitrogen and oxygen atoms in total. The van der Waals surface area contributed by atoms with E-state index in [1.807, 2.05) is 12.1 Å². The molecule has 1 aliphatic carbocycles. The molecule has 1 saturated carbocycles. The Morgan fingerprint density at radius 2 is 2.21 bits per heavy atom. The molecule has 0 saturated heterocycles. The summed E-state index contributed by atoms with van der Waals surface area (Å²) in [5.74, 6) is 0.924. The van der Waals surface area contributed by atoms with E-state index in [0.29, 0.717) is 0 Å². The fourth-order valence-corrected chi connectivity index (χ4v) is 2.57. The standard InChI is InChI=1S/C11H15IN2/c1-14(7-8-2-3-8)11-5-4-9(13)6-10(11)12/h4-6,8H,2-3,7,13H2,1H3. The number of rotatable bonds is 3. The highest BCUT2D eigenvalue weighted by molar-refractivity contribution is 14.1. The number of hydrogen-bond donors (Lipinski definition) is 1. The topological polar surface area (TPSA) is 29.3 Å². The van der Waals surface area contributed by atoms with Crippen LogP contribution < -0.4 is 10.6 Å². The average molecular weight is 302 g/mol. The van der Waals surface area contributed by atoms with Crippen molar-refractivity contribution in [1.29, 1.82) is 0 Å². The lowest BCUT2D eigenvalue weighted by Crippen LogP contribution is -2.20. The predicted molar refractivity (Wildman–Crippen MR) is 69.6 cm³/mol. The molecule has 14 heavy (non-hydrogen) atoms. The zero-order valence-electron chi connectivity index (χ0n) is 8.33. The molecule has 0 heterocycles. The minimum atomic E-state index is 0.845. The van der Waals surface area contributed by atoms with Crippen LogP contribution in [-0.4, -0.2) is 13.6 Å². The van der Waals surface area contributed by atoms with Crippen LogP contribution in [0.4, 0.5) is 11.4 Å². The normalized spacial score (nSPS) is 15.6. The lowest BCUT2D eigenvalue weighted by molar-refractivity contribution is 0.786. The van der Waals surface area contributed by atoms with Crippen molar-refractivity contribution in [3.8, 4) is 0 Å². The second kappa shape index (κ2) is 3.96. The Morgan fingerprint density at radius 1 is 1.50 bits per heavy atom. The van der Waals surface area contributed by atoms with E-state index in [4.69, 9.17) is 5.73 Å². The molecule has 0 spiro atoms. The Kier molecular flexibility index (Phi) is 2.85. The Morgan fingerprint density at radius 3 is 2.79 bits per heavy atom. The zero-order valence-corrected chi connectivity index (χ0v) is 10.5. The Bertz CT molecular complexity index is 334. The molecule has 1 aliphatic rings. The van der Waals surface area contributed by atoms with Crippen LogP contribution in [0, 0.1) is 9.49 Å². The van der Waals surface area contributed by atoms with Crippen molar-refractivity contribution in [2.24, 2.45) is 5.92 Å².